The lowest BCUT2D eigenvalue weighted by molar-refractivity contribution is -0.129. The molecule has 0 spiro atoms. The Labute approximate surface area is 154 Å². The molecule has 2 N–H and O–H groups in total. The second-order valence-electron chi connectivity index (χ2n) is 7.22. The minimum Gasteiger partial charge on any atom is -0.370 e. The molecule has 2 aromatic rings. The number of pyridine rings is 1. The summed E-state index contributed by atoms with van der Waals surface area (Å²) in [5.74, 6) is 0.364. The van der Waals surface area contributed by atoms with Crippen LogP contribution >= 0.6 is 0 Å². The normalized spacial score (nSPS) is 15.2. The number of anilines is 1. The van der Waals surface area contributed by atoms with Gasteiger partial charge < -0.3 is 15.5 Å². The largest absolute Gasteiger partial charge is 0.370 e. The fourth-order valence-corrected chi connectivity index (χ4v) is 3.57. The van der Waals surface area contributed by atoms with E-state index < -0.39 is 5.91 Å². The molecular weight excluding hydrogens is 328 g/mol. The van der Waals surface area contributed by atoms with Gasteiger partial charge in [-0.3, -0.25) is 14.6 Å². The summed E-state index contributed by atoms with van der Waals surface area (Å²) in [5, 5.41) is 2.02. The molecular formula is C20H26N4O2. The highest BCUT2D eigenvalue weighted by molar-refractivity contribution is 6.01. The van der Waals surface area contributed by atoms with Crippen molar-refractivity contribution in [1.82, 2.24) is 9.88 Å². The number of aromatic nitrogens is 1. The molecule has 0 unspecified atom stereocenters. The summed E-state index contributed by atoms with van der Waals surface area (Å²) in [6.45, 7) is 1.87. The molecule has 1 aromatic carbocycles. The molecule has 0 atom stereocenters. The van der Waals surface area contributed by atoms with Crippen LogP contribution in [0.4, 0.5) is 5.69 Å². The molecule has 1 saturated heterocycles. The minimum absolute atomic E-state index is 0.199. The molecule has 6 nitrogen and oxygen atoms in total. The molecule has 1 aliphatic rings. The van der Waals surface area contributed by atoms with E-state index in [0.717, 1.165) is 48.8 Å². The number of amides is 2. The second-order valence-corrected chi connectivity index (χ2v) is 7.22. The van der Waals surface area contributed by atoms with Crippen LogP contribution in [-0.4, -0.2) is 48.9 Å². The smallest absolute Gasteiger partial charge is 0.248 e. The Morgan fingerprint density at radius 2 is 1.96 bits per heavy atom. The molecule has 26 heavy (non-hydrogen) atoms. The third kappa shape index (κ3) is 3.95. The van der Waals surface area contributed by atoms with Crippen LogP contribution in [0, 0.1) is 5.92 Å². The highest BCUT2D eigenvalue weighted by Crippen LogP contribution is 2.31. The number of benzene rings is 1. The Morgan fingerprint density at radius 1 is 1.23 bits per heavy atom. The van der Waals surface area contributed by atoms with Gasteiger partial charge in [-0.1, -0.05) is 6.07 Å². The lowest BCUT2D eigenvalue weighted by Gasteiger charge is -2.34. The molecule has 0 saturated carbocycles. The minimum atomic E-state index is -0.418. The number of rotatable bonds is 5. The van der Waals surface area contributed by atoms with E-state index in [1.54, 1.807) is 25.1 Å². The van der Waals surface area contributed by atoms with Crippen LogP contribution in [0.2, 0.25) is 0 Å². The SMILES string of the molecule is CN(C)C(=O)CCC1CCN(c2cncc3ccc(C(N)=O)cc23)CC1. The maximum atomic E-state index is 11.8. The first-order valence-corrected chi connectivity index (χ1v) is 9.08. The van der Waals surface area contributed by atoms with Crippen molar-refractivity contribution in [3.05, 3.63) is 36.2 Å². The van der Waals surface area contributed by atoms with Crippen molar-refractivity contribution in [2.45, 2.75) is 25.7 Å². The summed E-state index contributed by atoms with van der Waals surface area (Å²) >= 11 is 0. The zero-order chi connectivity index (χ0) is 18.7. The maximum absolute atomic E-state index is 11.8. The predicted molar refractivity (Wildman–Crippen MR) is 103 cm³/mol. The quantitative estimate of drug-likeness (QED) is 0.894. The predicted octanol–water partition coefficient (Wildman–Crippen LogP) is 2.42. The van der Waals surface area contributed by atoms with E-state index >= 15 is 0 Å². The zero-order valence-corrected chi connectivity index (χ0v) is 15.4. The van der Waals surface area contributed by atoms with Crippen molar-refractivity contribution in [3.63, 3.8) is 0 Å². The molecule has 2 heterocycles. The lowest BCUT2D eigenvalue weighted by atomic mass is 9.91. The fraction of sp³-hybridized carbons (Fsp3) is 0.450. The number of fused-ring (bicyclic) bond motifs is 1. The molecule has 1 fully saturated rings. The first-order valence-electron chi connectivity index (χ1n) is 9.08. The molecule has 0 aliphatic carbocycles. The number of primary amides is 1. The number of nitrogens with two attached hydrogens (primary N) is 1. The monoisotopic (exact) mass is 354 g/mol. The molecule has 1 aliphatic heterocycles. The van der Waals surface area contributed by atoms with E-state index in [0.29, 0.717) is 17.9 Å². The second kappa shape index (κ2) is 7.72. The number of carbonyl (C=O) groups excluding carboxylic acids is 2. The van der Waals surface area contributed by atoms with Crippen molar-refractivity contribution in [2.75, 3.05) is 32.1 Å². The van der Waals surface area contributed by atoms with Crippen LogP contribution in [0.5, 0.6) is 0 Å². The van der Waals surface area contributed by atoms with Crippen LogP contribution in [0.1, 0.15) is 36.0 Å². The summed E-state index contributed by atoms with van der Waals surface area (Å²) < 4.78 is 0. The van der Waals surface area contributed by atoms with Crippen molar-refractivity contribution >= 4 is 28.3 Å². The highest BCUT2D eigenvalue weighted by atomic mass is 16.2. The number of piperidine rings is 1. The average Bonchev–Trinajstić information content (AvgIpc) is 2.65. The molecule has 1 aromatic heterocycles. The summed E-state index contributed by atoms with van der Waals surface area (Å²) in [6, 6.07) is 5.49. The Kier molecular flexibility index (Phi) is 5.40. The highest BCUT2D eigenvalue weighted by Gasteiger charge is 2.22. The van der Waals surface area contributed by atoms with E-state index in [-0.39, 0.29) is 5.91 Å². The Bertz CT molecular complexity index is 811. The van der Waals surface area contributed by atoms with E-state index in [4.69, 9.17) is 5.73 Å². The van der Waals surface area contributed by atoms with E-state index in [1.165, 1.54) is 0 Å². The van der Waals surface area contributed by atoms with Gasteiger partial charge in [0.1, 0.15) is 0 Å². The van der Waals surface area contributed by atoms with Crippen LogP contribution in [-0.2, 0) is 4.79 Å². The first kappa shape index (κ1) is 18.2. The third-order valence-corrected chi connectivity index (χ3v) is 5.24. The summed E-state index contributed by atoms with van der Waals surface area (Å²) in [7, 11) is 3.61. The number of carbonyl (C=O) groups is 2. The van der Waals surface area contributed by atoms with Crippen molar-refractivity contribution in [2.24, 2.45) is 11.7 Å². The van der Waals surface area contributed by atoms with Crippen LogP contribution < -0.4 is 10.6 Å². The van der Waals surface area contributed by atoms with E-state index in [2.05, 4.69) is 9.88 Å². The number of hydrogen-bond acceptors (Lipinski definition) is 4. The molecule has 3 rings (SSSR count). The van der Waals surface area contributed by atoms with Gasteiger partial charge in [0.15, 0.2) is 0 Å². The summed E-state index contributed by atoms with van der Waals surface area (Å²) in [5.41, 5.74) is 7.00. The van der Waals surface area contributed by atoms with Gasteiger partial charge in [0.25, 0.3) is 0 Å². The number of hydrogen-bond donors (Lipinski definition) is 1. The molecule has 2 amide bonds. The van der Waals surface area contributed by atoms with Gasteiger partial charge >= 0.3 is 0 Å². The Balaban J connectivity index is 1.70. The number of nitrogens with zero attached hydrogens (tertiary/aromatic N) is 3. The van der Waals surface area contributed by atoms with Crippen molar-refractivity contribution < 1.29 is 9.59 Å². The Morgan fingerprint density at radius 3 is 2.62 bits per heavy atom. The zero-order valence-electron chi connectivity index (χ0n) is 15.4. The molecule has 138 valence electrons. The van der Waals surface area contributed by atoms with Crippen LogP contribution in [0.25, 0.3) is 10.8 Å². The molecule has 0 bridgehead atoms. The standard InChI is InChI=1S/C20H26N4O2/c1-23(2)19(25)6-3-14-7-9-24(10-8-14)18-13-22-12-16-5-4-15(20(21)26)11-17(16)18/h4-5,11-14H,3,6-10H2,1-2H3,(H2,21,26). The van der Waals surface area contributed by atoms with Gasteiger partial charge in [-0.25, -0.2) is 0 Å². The average molecular weight is 354 g/mol. The van der Waals surface area contributed by atoms with Crippen molar-refractivity contribution in [3.8, 4) is 0 Å². The van der Waals surface area contributed by atoms with Gasteiger partial charge in [0.05, 0.1) is 11.9 Å². The lowest BCUT2D eigenvalue weighted by Crippen LogP contribution is -2.34. The summed E-state index contributed by atoms with van der Waals surface area (Å²) in [6.07, 6.45) is 7.37. The fourth-order valence-electron chi connectivity index (χ4n) is 3.57. The molecule has 0 radical (unpaired) electrons. The van der Waals surface area contributed by atoms with Gasteiger partial charge in [-0.05, 0) is 37.3 Å². The van der Waals surface area contributed by atoms with Gasteiger partial charge in [0, 0.05) is 56.1 Å². The van der Waals surface area contributed by atoms with E-state index in [9.17, 15) is 9.59 Å². The van der Waals surface area contributed by atoms with E-state index in [1.807, 2.05) is 24.5 Å². The maximum Gasteiger partial charge on any atom is 0.248 e. The summed E-state index contributed by atoms with van der Waals surface area (Å²) in [4.78, 5) is 31.6. The van der Waals surface area contributed by atoms with Crippen LogP contribution in [0.15, 0.2) is 30.6 Å². The van der Waals surface area contributed by atoms with Gasteiger partial charge in [-0.15, -0.1) is 0 Å². The van der Waals surface area contributed by atoms with Gasteiger partial charge in [-0.2, -0.15) is 0 Å². The molecule has 6 heteroatoms. The Hall–Kier alpha value is -2.63. The van der Waals surface area contributed by atoms with Crippen LogP contribution in [0.3, 0.4) is 0 Å². The first-order chi connectivity index (χ1) is 12.5. The van der Waals surface area contributed by atoms with Gasteiger partial charge in [0.2, 0.25) is 11.8 Å². The van der Waals surface area contributed by atoms with Crippen molar-refractivity contribution in [1.29, 1.82) is 0 Å². The topological polar surface area (TPSA) is 79.5 Å². The third-order valence-electron chi connectivity index (χ3n) is 5.24.